The van der Waals surface area contributed by atoms with Crippen molar-refractivity contribution in [2.24, 2.45) is 0 Å². The Morgan fingerprint density at radius 3 is 2.82 bits per heavy atom. The predicted molar refractivity (Wildman–Crippen MR) is 72.5 cm³/mol. The molecular weight excluding hydrogens is 234 g/mol. The Kier molecular flexibility index (Phi) is 2.89. The minimum absolute atomic E-state index is 0.484. The number of likely N-dealkylation sites (tertiary alicyclic amines) is 1. The summed E-state index contributed by atoms with van der Waals surface area (Å²) >= 11 is 6.16. The van der Waals surface area contributed by atoms with E-state index in [1.54, 1.807) is 0 Å². The summed E-state index contributed by atoms with van der Waals surface area (Å²) in [5.41, 5.74) is 7.58. The van der Waals surface area contributed by atoms with Gasteiger partial charge in [0.2, 0.25) is 0 Å². The van der Waals surface area contributed by atoms with Crippen LogP contribution in [0.25, 0.3) is 0 Å². The Morgan fingerprint density at radius 1 is 1.29 bits per heavy atom. The van der Waals surface area contributed by atoms with Gasteiger partial charge in [0.1, 0.15) is 0 Å². The summed E-state index contributed by atoms with van der Waals surface area (Å²) in [6.45, 7) is 2.32. The molecule has 3 rings (SSSR count). The summed E-state index contributed by atoms with van der Waals surface area (Å²) < 4.78 is 0. The SMILES string of the molecule is Nc1cccc(Cl)c1NC1CCN(C2CC2)C1. The predicted octanol–water partition coefficient (Wildman–Crippen LogP) is 2.57. The average Bonchev–Trinajstić information content (AvgIpc) is 3.05. The van der Waals surface area contributed by atoms with Crippen molar-refractivity contribution in [1.29, 1.82) is 0 Å². The largest absolute Gasteiger partial charge is 0.397 e. The third-order valence-electron chi connectivity index (χ3n) is 3.68. The number of nitrogens with one attached hydrogen (secondary N) is 1. The fourth-order valence-corrected chi connectivity index (χ4v) is 2.81. The lowest BCUT2D eigenvalue weighted by Crippen LogP contribution is -2.28. The minimum Gasteiger partial charge on any atom is -0.397 e. The lowest BCUT2D eigenvalue weighted by molar-refractivity contribution is 0.326. The molecule has 1 saturated heterocycles. The van der Waals surface area contributed by atoms with E-state index in [1.165, 1.54) is 25.8 Å². The molecule has 1 unspecified atom stereocenters. The Hall–Kier alpha value is -0.930. The number of nitrogen functional groups attached to an aromatic ring is 1. The fourth-order valence-electron chi connectivity index (χ4n) is 2.57. The Balaban J connectivity index is 1.67. The lowest BCUT2D eigenvalue weighted by Gasteiger charge is -2.18. The van der Waals surface area contributed by atoms with Crippen molar-refractivity contribution in [3.63, 3.8) is 0 Å². The zero-order valence-corrected chi connectivity index (χ0v) is 10.6. The molecule has 3 nitrogen and oxygen atoms in total. The van der Waals surface area contributed by atoms with Gasteiger partial charge in [-0.25, -0.2) is 0 Å². The normalized spacial score (nSPS) is 25.1. The van der Waals surface area contributed by atoms with E-state index in [9.17, 15) is 0 Å². The first-order valence-corrected chi connectivity index (χ1v) is 6.66. The minimum atomic E-state index is 0.484. The van der Waals surface area contributed by atoms with Crippen LogP contribution in [0.3, 0.4) is 0 Å². The van der Waals surface area contributed by atoms with Crippen LogP contribution in [0.2, 0.25) is 5.02 Å². The van der Waals surface area contributed by atoms with Crippen LogP contribution in [0.1, 0.15) is 19.3 Å². The first-order chi connectivity index (χ1) is 8.24. The van der Waals surface area contributed by atoms with Crippen LogP contribution in [-0.2, 0) is 0 Å². The van der Waals surface area contributed by atoms with E-state index in [1.807, 2.05) is 18.2 Å². The van der Waals surface area contributed by atoms with Gasteiger partial charge in [-0.15, -0.1) is 0 Å². The molecular formula is C13H18ClN3. The maximum Gasteiger partial charge on any atom is 0.0765 e. The lowest BCUT2D eigenvalue weighted by atomic mass is 10.2. The number of hydrogen-bond acceptors (Lipinski definition) is 3. The number of nitrogens with zero attached hydrogens (tertiary/aromatic N) is 1. The fraction of sp³-hybridized carbons (Fsp3) is 0.538. The molecule has 0 radical (unpaired) electrons. The molecule has 1 aliphatic carbocycles. The van der Waals surface area contributed by atoms with E-state index in [-0.39, 0.29) is 0 Å². The van der Waals surface area contributed by atoms with Crippen molar-refractivity contribution < 1.29 is 0 Å². The van der Waals surface area contributed by atoms with Crippen molar-refractivity contribution in [3.05, 3.63) is 23.2 Å². The zero-order chi connectivity index (χ0) is 11.8. The molecule has 2 aliphatic rings. The van der Waals surface area contributed by atoms with Gasteiger partial charge < -0.3 is 11.1 Å². The number of halogens is 1. The van der Waals surface area contributed by atoms with E-state index < -0.39 is 0 Å². The van der Waals surface area contributed by atoms with Crippen molar-refractivity contribution >= 4 is 23.0 Å². The van der Waals surface area contributed by atoms with Gasteiger partial charge in [-0.3, -0.25) is 4.90 Å². The zero-order valence-electron chi connectivity index (χ0n) is 9.82. The standard InChI is InChI=1S/C13H18ClN3/c14-11-2-1-3-12(15)13(11)16-9-6-7-17(8-9)10-4-5-10/h1-3,9-10,16H,4-8,15H2. The number of para-hydroxylation sites is 1. The summed E-state index contributed by atoms with van der Waals surface area (Å²) in [6.07, 6.45) is 3.93. The molecule has 17 heavy (non-hydrogen) atoms. The van der Waals surface area contributed by atoms with Gasteiger partial charge >= 0.3 is 0 Å². The molecule has 1 heterocycles. The Labute approximate surface area is 107 Å². The Morgan fingerprint density at radius 2 is 2.12 bits per heavy atom. The van der Waals surface area contributed by atoms with Gasteiger partial charge in [-0.1, -0.05) is 17.7 Å². The van der Waals surface area contributed by atoms with Crippen LogP contribution in [-0.4, -0.2) is 30.1 Å². The topological polar surface area (TPSA) is 41.3 Å². The second-order valence-corrected chi connectivity index (χ2v) is 5.47. The second kappa shape index (κ2) is 4.39. The maximum absolute atomic E-state index is 6.16. The number of hydrogen-bond donors (Lipinski definition) is 2. The number of rotatable bonds is 3. The van der Waals surface area contributed by atoms with Crippen molar-refractivity contribution in [2.45, 2.75) is 31.3 Å². The number of nitrogens with two attached hydrogens (primary N) is 1. The van der Waals surface area contributed by atoms with Crippen molar-refractivity contribution in [3.8, 4) is 0 Å². The second-order valence-electron chi connectivity index (χ2n) is 5.06. The van der Waals surface area contributed by atoms with Gasteiger partial charge in [0.25, 0.3) is 0 Å². The average molecular weight is 252 g/mol. The van der Waals surface area contributed by atoms with Crippen LogP contribution >= 0.6 is 11.6 Å². The van der Waals surface area contributed by atoms with Crippen LogP contribution in [0.15, 0.2) is 18.2 Å². The van der Waals surface area contributed by atoms with E-state index in [0.717, 1.165) is 29.0 Å². The molecule has 1 aromatic carbocycles. The van der Waals surface area contributed by atoms with Crippen LogP contribution < -0.4 is 11.1 Å². The van der Waals surface area contributed by atoms with Gasteiger partial charge in [0.05, 0.1) is 16.4 Å². The molecule has 1 saturated carbocycles. The summed E-state index contributed by atoms with van der Waals surface area (Å²) in [5, 5.41) is 4.21. The molecule has 0 bridgehead atoms. The van der Waals surface area contributed by atoms with E-state index >= 15 is 0 Å². The molecule has 4 heteroatoms. The smallest absolute Gasteiger partial charge is 0.0765 e. The molecule has 92 valence electrons. The summed E-state index contributed by atoms with van der Waals surface area (Å²) in [5.74, 6) is 0. The van der Waals surface area contributed by atoms with Gasteiger partial charge in [0, 0.05) is 25.2 Å². The van der Waals surface area contributed by atoms with Crippen molar-refractivity contribution in [1.82, 2.24) is 4.90 Å². The van der Waals surface area contributed by atoms with Crippen molar-refractivity contribution in [2.75, 3.05) is 24.1 Å². The van der Waals surface area contributed by atoms with Gasteiger partial charge in [-0.05, 0) is 31.4 Å². The first kappa shape index (κ1) is 11.2. The monoisotopic (exact) mass is 251 g/mol. The first-order valence-electron chi connectivity index (χ1n) is 6.28. The molecule has 1 aromatic rings. The third kappa shape index (κ3) is 2.35. The van der Waals surface area contributed by atoms with Crippen LogP contribution in [0.4, 0.5) is 11.4 Å². The van der Waals surface area contributed by atoms with Crippen LogP contribution in [0.5, 0.6) is 0 Å². The number of anilines is 2. The molecule has 1 aliphatic heterocycles. The molecule has 0 spiro atoms. The van der Waals surface area contributed by atoms with E-state index in [2.05, 4.69) is 10.2 Å². The summed E-state index contributed by atoms with van der Waals surface area (Å²) in [4.78, 5) is 2.57. The molecule has 0 amide bonds. The highest BCUT2D eigenvalue weighted by atomic mass is 35.5. The maximum atomic E-state index is 6.16. The third-order valence-corrected chi connectivity index (χ3v) is 3.99. The van der Waals surface area contributed by atoms with Gasteiger partial charge in [0.15, 0.2) is 0 Å². The number of benzene rings is 1. The van der Waals surface area contributed by atoms with Gasteiger partial charge in [-0.2, -0.15) is 0 Å². The summed E-state index contributed by atoms with van der Waals surface area (Å²) in [7, 11) is 0. The Bertz CT molecular complexity index is 397. The van der Waals surface area contributed by atoms with Crippen LogP contribution in [0, 0.1) is 0 Å². The summed E-state index contributed by atoms with van der Waals surface area (Å²) in [6, 6.07) is 6.99. The molecule has 1 atom stereocenters. The molecule has 0 aromatic heterocycles. The highest BCUT2D eigenvalue weighted by molar-refractivity contribution is 6.33. The molecule has 2 fully saturated rings. The quantitative estimate of drug-likeness (QED) is 0.812. The highest BCUT2D eigenvalue weighted by Crippen LogP contribution is 2.33. The van der Waals surface area contributed by atoms with E-state index in [0.29, 0.717) is 6.04 Å². The highest BCUT2D eigenvalue weighted by Gasteiger charge is 2.34. The molecule has 3 N–H and O–H groups in total. The van der Waals surface area contributed by atoms with E-state index in [4.69, 9.17) is 17.3 Å².